The fraction of sp³-hybridized carbons (Fsp3) is 0.308. The standard InChI is InChI=1S/C13H17N3O3S/c1-3-13-10(9-16(2)15-13)8-14-20(18,19)12-6-4-11(17)5-7-12/h4-7,9,14,17H,3,8H2,1-2H3. The summed E-state index contributed by atoms with van der Waals surface area (Å²) in [6.07, 6.45) is 2.55. The number of aromatic hydroxyl groups is 1. The summed E-state index contributed by atoms with van der Waals surface area (Å²) in [7, 11) is -1.79. The van der Waals surface area contributed by atoms with Crippen molar-refractivity contribution < 1.29 is 13.5 Å². The number of nitrogens with one attached hydrogen (secondary N) is 1. The minimum Gasteiger partial charge on any atom is -0.508 e. The van der Waals surface area contributed by atoms with Gasteiger partial charge in [-0.1, -0.05) is 6.92 Å². The van der Waals surface area contributed by atoms with Gasteiger partial charge in [-0.2, -0.15) is 5.10 Å². The van der Waals surface area contributed by atoms with Crippen LogP contribution in [0, 0.1) is 0 Å². The van der Waals surface area contributed by atoms with E-state index in [1.54, 1.807) is 17.9 Å². The van der Waals surface area contributed by atoms with Crippen molar-refractivity contribution in [2.45, 2.75) is 24.8 Å². The number of hydrogen-bond donors (Lipinski definition) is 2. The minimum atomic E-state index is -3.59. The van der Waals surface area contributed by atoms with Gasteiger partial charge in [0.2, 0.25) is 10.0 Å². The smallest absolute Gasteiger partial charge is 0.240 e. The molecule has 2 rings (SSSR count). The second-order valence-corrected chi connectivity index (χ2v) is 6.21. The molecule has 0 saturated carbocycles. The van der Waals surface area contributed by atoms with Crippen molar-refractivity contribution in [1.29, 1.82) is 0 Å². The molecule has 0 atom stereocenters. The third kappa shape index (κ3) is 3.17. The van der Waals surface area contributed by atoms with E-state index in [0.717, 1.165) is 17.7 Å². The van der Waals surface area contributed by atoms with E-state index in [1.807, 2.05) is 6.92 Å². The molecule has 2 aromatic rings. The molecule has 0 fully saturated rings. The molecular weight excluding hydrogens is 278 g/mol. The van der Waals surface area contributed by atoms with Crippen molar-refractivity contribution in [2.75, 3.05) is 0 Å². The highest BCUT2D eigenvalue weighted by atomic mass is 32.2. The van der Waals surface area contributed by atoms with Gasteiger partial charge in [0, 0.05) is 25.4 Å². The first kappa shape index (κ1) is 14.5. The molecule has 20 heavy (non-hydrogen) atoms. The maximum absolute atomic E-state index is 12.1. The van der Waals surface area contributed by atoms with Crippen molar-refractivity contribution in [3.8, 4) is 5.75 Å². The Morgan fingerprint density at radius 2 is 1.95 bits per heavy atom. The van der Waals surface area contributed by atoms with Crippen LogP contribution in [0.2, 0.25) is 0 Å². The van der Waals surface area contributed by atoms with Crippen LogP contribution in [-0.2, 0) is 30.0 Å². The Kier molecular flexibility index (Phi) is 4.10. The quantitative estimate of drug-likeness (QED) is 0.867. The Morgan fingerprint density at radius 1 is 1.30 bits per heavy atom. The van der Waals surface area contributed by atoms with Crippen LogP contribution in [0.25, 0.3) is 0 Å². The topological polar surface area (TPSA) is 84.2 Å². The largest absolute Gasteiger partial charge is 0.508 e. The molecule has 0 aliphatic heterocycles. The number of aromatic nitrogens is 2. The SMILES string of the molecule is CCc1nn(C)cc1CNS(=O)(=O)c1ccc(O)cc1. The van der Waals surface area contributed by atoms with Crippen LogP contribution < -0.4 is 4.72 Å². The van der Waals surface area contributed by atoms with Crippen LogP contribution in [0.3, 0.4) is 0 Å². The number of benzene rings is 1. The molecule has 1 aromatic carbocycles. The van der Waals surface area contributed by atoms with Crippen LogP contribution in [-0.4, -0.2) is 23.3 Å². The highest BCUT2D eigenvalue weighted by Gasteiger charge is 2.15. The van der Waals surface area contributed by atoms with Crippen LogP contribution in [0.5, 0.6) is 5.75 Å². The number of nitrogens with zero attached hydrogens (tertiary/aromatic N) is 2. The first-order valence-corrected chi connectivity index (χ1v) is 7.71. The summed E-state index contributed by atoms with van der Waals surface area (Å²) in [5.41, 5.74) is 1.73. The number of aryl methyl sites for hydroxylation is 2. The van der Waals surface area contributed by atoms with Crippen LogP contribution in [0.1, 0.15) is 18.2 Å². The van der Waals surface area contributed by atoms with Crippen molar-refractivity contribution in [2.24, 2.45) is 7.05 Å². The number of sulfonamides is 1. The zero-order valence-electron chi connectivity index (χ0n) is 11.4. The third-order valence-electron chi connectivity index (χ3n) is 2.93. The molecule has 2 N–H and O–H groups in total. The van der Waals surface area contributed by atoms with E-state index < -0.39 is 10.0 Å². The maximum Gasteiger partial charge on any atom is 0.240 e. The first-order valence-electron chi connectivity index (χ1n) is 6.22. The zero-order chi connectivity index (χ0) is 14.8. The first-order chi connectivity index (χ1) is 9.42. The summed E-state index contributed by atoms with van der Waals surface area (Å²) < 4.78 is 28.4. The van der Waals surface area contributed by atoms with Gasteiger partial charge in [0.1, 0.15) is 5.75 Å². The van der Waals surface area contributed by atoms with Gasteiger partial charge in [-0.15, -0.1) is 0 Å². The zero-order valence-corrected chi connectivity index (χ0v) is 12.2. The van der Waals surface area contributed by atoms with E-state index in [0.29, 0.717) is 0 Å². The van der Waals surface area contributed by atoms with E-state index >= 15 is 0 Å². The molecular formula is C13H17N3O3S. The molecule has 108 valence electrons. The molecule has 0 spiro atoms. The van der Waals surface area contributed by atoms with E-state index in [4.69, 9.17) is 0 Å². The monoisotopic (exact) mass is 295 g/mol. The summed E-state index contributed by atoms with van der Waals surface area (Å²) in [4.78, 5) is 0.122. The van der Waals surface area contributed by atoms with Crippen molar-refractivity contribution in [3.05, 3.63) is 41.7 Å². The second-order valence-electron chi connectivity index (χ2n) is 4.45. The maximum atomic E-state index is 12.1. The van der Waals surface area contributed by atoms with Gasteiger partial charge in [-0.05, 0) is 30.7 Å². The van der Waals surface area contributed by atoms with E-state index in [9.17, 15) is 13.5 Å². The van der Waals surface area contributed by atoms with Gasteiger partial charge >= 0.3 is 0 Å². The van der Waals surface area contributed by atoms with E-state index in [1.165, 1.54) is 24.3 Å². The van der Waals surface area contributed by atoms with Gasteiger partial charge in [0.25, 0.3) is 0 Å². The van der Waals surface area contributed by atoms with Crippen molar-refractivity contribution in [1.82, 2.24) is 14.5 Å². The molecule has 0 radical (unpaired) electrons. The molecule has 1 heterocycles. The van der Waals surface area contributed by atoms with Crippen molar-refractivity contribution >= 4 is 10.0 Å². The van der Waals surface area contributed by atoms with Crippen molar-refractivity contribution in [3.63, 3.8) is 0 Å². The fourth-order valence-corrected chi connectivity index (χ4v) is 2.92. The highest BCUT2D eigenvalue weighted by Crippen LogP contribution is 2.15. The Bertz CT molecular complexity index is 690. The third-order valence-corrected chi connectivity index (χ3v) is 4.34. The molecule has 0 saturated heterocycles. The Balaban J connectivity index is 2.15. The summed E-state index contributed by atoms with van der Waals surface area (Å²) in [5.74, 6) is 0.0319. The Hall–Kier alpha value is -1.86. The average Bonchev–Trinajstić information content (AvgIpc) is 2.77. The van der Waals surface area contributed by atoms with Gasteiger partial charge in [0.05, 0.1) is 10.6 Å². The lowest BCUT2D eigenvalue weighted by Gasteiger charge is -2.06. The number of hydrogen-bond acceptors (Lipinski definition) is 4. The lowest BCUT2D eigenvalue weighted by molar-refractivity contribution is 0.474. The summed E-state index contributed by atoms with van der Waals surface area (Å²) in [6.45, 7) is 2.17. The fourth-order valence-electron chi connectivity index (χ4n) is 1.91. The van der Waals surface area contributed by atoms with Crippen LogP contribution in [0.4, 0.5) is 0 Å². The van der Waals surface area contributed by atoms with Gasteiger partial charge in [-0.3, -0.25) is 4.68 Å². The lowest BCUT2D eigenvalue weighted by atomic mass is 10.2. The summed E-state index contributed by atoms with van der Waals surface area (Å²) >= 11 is 0. The normalized spacial score (nSPS) is 11.7. The van der Waals surface area contributed by atoms with E-state index in [-0.39, 0.29) is 17.2 Å². The molecule has 0 aliphatic carbocycles. The number of phenols is 1. The average molecular weight is 295 g/mol. The van der Waals surface area contributed by atoms with Crippen LogP contribution >= 0.6 is 0 Å². The highest BCUT2D eigenvalue weighted by molar-refractivity contribution is 7.89. The van der Waals surface area contributed by atoms with Gasteiger partial charge in [-0.25, -0.2) is 13.1 Å². The second kappa shape index (κ2) is 5.64. The van der Waals surface area contributed by atoms with Crippen LogP contribution in [0.15, 0.2) is 35.4 Å². The molecule has 0 bridgehead atoms. The summed E-state index contributed by atoms with van der Waals surface area (Å²) in [6, 6.07) is 5.41. The molecule has 0 aliphatic rings. The molecule has 1 aromatic heterocycles. The number of rotatable bonds is 5. The molecule has 7 heteroatoms. The van der Waals surface area contributed by atoms with Gasteiger partial charge in [0.15, 0.2) is 0 Å². The Labute approximate surface area is 118 Å². The molecule has 6 nitrogen and oxygen atoms in total. The number of phenolic OH excluding ortho intramolecular Hbond substituents is 1. The summed E-state index contributed by atoms with van der Waals surface area (Å²) in [5, 5.41) is 13.4. The predicted molar refractivity (Wildman–Crippen MR) is 74.7 cm³/mol. The minimum absolute atomic E-state index is 0.0319. The van der Waals surface area contributed by atoms with E-state index in [2.05, 4.69) is 9.82 Å². The van der Waals surface area contributed by atoms with Gasteiger partial charge < -0.3 is 5.11 Å². The molecule has 0 amide bonds. The Morgan fingerprint density at radius 3 is 2.55 bits per heavy atom. The molecule has 0 unspecified atom stereocenters. The lowest BCUT2D eigenvalue weighted by Crippen LogP contribution is -2.23. The predicted octanol–water partition coefficient (Wildman–Crippen LogP) is 1.17.